The van der Waals surface area contributed by atoms with E-state index in [-0.39, 0.29) is 12.0 Å². The molecule has 0 saturated carbocycles. The minimum atomic E-state index is -4.53. The average Bonchev–Trinajstić information content (AvgIpc) is 2.42. The van der Waals surface area contributed by atoms with Gasteiger partial charge in [0, 0.05) is 12.0 Å². The summed E-state index contributed by atoms with van der Waals surface area (Å²) < 4.78 is 43.7. The molecule has 0 fully saturated rings. The van der Waals surface area contributed by atoms with Crippen molar-refractivity contribution in [3.63, 3.8) is 0 Å². The number of methoxy groups -OCH3 is 1. The van der Waals surface area contributed by atoms with E-state index >= 15 is 0 Å². The average molecular weight is 317 g/mol. The molecule has 122 valence electrons. The predicted molar refractivity (Wildman–Crippen MR) is 74.9 cm³/mol. The summed E-state index contributed by atoms with van der Waals surface area (Å²) in [7, 11) is 1.37. The predicted octanol–water partition coefficient (Wildman–Crippen LogP) is 2.75. The Bertz CT molecular complexity index is 541. The number of alkyl halides is 3. The Labute approximate surface area is 126 Å². The van der Waals surface area contributed by atoms with Crippen molar-refractivity contribution in [2.45, 2.75) is 32.5 Å². The van der Waals surface area contributed by atoms with Gasteiger partial charge in [-0.05, 0) is 29.7 Å². The van der Waals surface area contributed by atoms with Crippen molar-refractivity contribution >= 4 is 12.2 Å². The first-order valence-corrected chi connectivity index (χ1v) is 6.68. The maximum Gasteiger partial charge on any atom is 0.408 e. The summed E-state index contributed by atoms with van der Waals surface area (Å²) in [6, 6.07) is 2.31. The number of carbonyl (C=O) groups excluding carboxylic acids is 2. The number of halogens is 3. The molecule has 0 saturated heterocycles. The van der Waals surface area contributed by atoms with E-state index < -0.39 is 24.0 Å². The Hall–Kier alpha value is -2.05. The molecule has 1 aromatic carbocycles. The van der Waals surface area contributed by atoms with Gasteiger partial charge in [0.15, 0.2) is 0 Å². The molecular formula is C15H18F3NO3. The van der Waals surface area contributed by atoms with E-state index in [1.165, 1.54) is 33.1 Å². The van der Waals surface area contributed by atoms with Gasteiger partial charge in [-0.15, -0.1) is 0 Å². The molecule has 0 aliphatic heterocycles. The third-order valence-electron chi connectivity index (χ3n) is 3.09. The Morgan fingerprint density at radius 1 is 1.32 bits per heavy atom. The maximum atomic E-state index is 12.9. The van der Waals surface area contributed by atoms with Gasteiger partial charge in [0.2, 0.25) is 0 Å². The molecule has 0 heterocycles. The van der Waals surface area contributed by atoms with E-state index in [2.05, 4.69) is 0 Å². The number of amides is 1. The fourth-order valence-electron chi connectivity index (χ4n) is 1.97. The summed E-state index contributed by atoms with van der Waals surface area (Å²) in [6.07, 6.45) is -3.85. The molecule has 0 aromatic heterocycles. The quantitative estimate of drug-likeness (QED) is 0.821. The van der Waals surface area contributed by atoms with Gasteiger partial charge >= 0.3 is 6.18 Å². The fourth-order valence-corrected chi connectivity index (χ4v) is 1.97. The minimum absolute atomic E-state index is 0.0195. The van der Waals surface area contributed by atoms with Crippen LogP contribution in [0.25, 0.3) is 0 Å². The molecular weight excluding hydrogens is 299 g/mol. The first-order valence-electron chi connectivity index (χ1n) is 6.68. The summed E-state index contributed by atoms with van der Waals surface area (Å²) in [5.41, 5.74) is 0.513. The monoisotopic (exact) mass is 317 g/mol. The second-order valence-electron chi connectivity index (χ2n) is 5.18. The summed E-state index contributed by atoms with van der Waals surface area (Å²) in [5, 5.41) is 1.99. The molecule has 1 aromatic rings. The van der Waals surface area contributed by atoms with Gasteiger partial charge < -0.3 is 14.8 Å². The van der Waals surface area contributed by atoms with Crippen molar-refractivity contribution in [1.29, 1.82) is 0 Å². The lowest BCUT2D eigenvalue weighted by molar-refractivity contribution is -0.162. The zero-order chi connectivity index (χ0) is 16.9. The van der Waals surface area contributed by atoms with Crippen molar-refractivity contribution in [1.82, 2.24) is 5.32 Å². The molecule has 0 aliphatic rings. The van der Waals surface area contributed by atoms with Crippen LogP contribution in [0.2, 0.25) is 0 Å². The van der Waals surface area contributed by atoms with Crippen molar-refractivity contribution in [3.05, 3.63) is 29.3 Å². The summed E-state index contributed by atoms with van der Waals surface area (Å²) in [5.74, 6) is -1.36. The van der Waals surface area contributed by atoms with Gasteiger partial charge in [0.25, 0.3) is 5.91 Å². The van der Waals surface area contributed by atoms with Crippen molar-refractivity contribution in [2.75, 3.05) is 7.11 Å². The number of nitrogens with one attached hydrogen (secondary N) is 1. The van der Waals surface area contributed by atoms with Crippen molar-refractivity contribution in [3.8, 4) is 5.75 Å². The van der Waals surface area contributed by atoms with Crippen LogP contribution in [0.15, 0.2) is 18.2 Å². The van der Waals surface area contributed by atoms with E-state index in [0.717, 1.165) is 0 Å². The normalized spacial score (nSPS) is 12.9. The SMILES string of the molecule is COc1cc(CC=O)cc(C(=O)NC(C(C)C)C(F)(F)F)c1. The molecule has 1 atom stereocenters. The molecule has 0 aliphatic carbocycles. The van der Waals surface area contributed by atoms with Gasteiger partial charge in [-0.1, -0.05) is 13.8 Å². The molecule has 0 bridgehead atoms. The second-order valence-corrected chi connectivity index (χ2v) is 5.18. The number of ether oxygens (including phenoxy) is 1. The zero-order valence-corrected chi connectivity index (χ0v) is 12.5. The highest BCUT2D eigenvalue weighted by Crippen LogP contribution is 2.26. The van der Waals surface area contributed by atoms with Crippen LogP contribution < -0.4 is 10.1 Å². The summed E-state index contributed by atoms with van der Waals surface area (Å²) >= 11 is 0. The number of aldehydes is 1. The second kappa shape index (κ2) is 7.29. The summed E-state index contributed by atoms with van der Waals surface area (Å²) in [6.45, 7) is 2.75. The lowest BCUT2D eigenvalue weighted by atomic mass is 10.0. The Kier molecular flexibility index (Phi) is 5.96. The molecule has 1 amide bonds. The third kappa shape index (κ3) is 4.75. The van der Waals surface area contributed by atoms with Crippen LogP contribution in [0, 0.1) is 5.92 Å². The molecule has 1 unspecified atom stereocenters. The van der Waals surface area contributed by atoms with Crippen LogP contribution in [0.5, 0.6) is 5.75 Å². The van der Waals surface area contributed by atoms with Gasteiger partial charge in [0.05, 0.1) is 7.11 Å². The number of rotatable bonds is 6. The highest BCUT2D eigenvalue weighted by atomic mass is 19.4. The van der Waals surface area contributed by atoms with E-state index in [0.29, 0.717) is 17.6 Å². The first kappa shape index (κ1) is 18.0. The van der Waals surface area contributed by atoms with Crippen LogP contribution >= 0.6 is 0 Å². The molecule has 0 radical (unpaired) electrons. The number of hydrogen-bond acceptors (Lipinski definition) is 3. The van der Waals surface area contributed by atoms with Gasteiger partial charge in [-0.3, -0.25) is 4.79 Å². The fraction of sp³-hybridized carbons (Fsp3) is 0.467. The van der Waals surface area contributed by atoms with E-state index in [4.69, 9.17) is 4.74 Å². The van der Waals surface area contributed by atoms with Gasteiger partial charge in [-0.2, -0.15) is 13.2 Å². The highest BCUT2D eigenvalue weighted by Gasteiger charge is 2.42. The zero-order valence-electron chi connectivity index (χ0n) is 12.5. The van der Waals surface area contributed by atoms with Crippen LogP contribution in [-0.2, 0) is 11.2 Å². The highest BCUT2D eigenvalue weighted by molar-refractivity contribution is 5.95. The molecule has 0 spiro atoms. The molecule has 4 nitrogen and oxygen atoms in total. The summed E-state index contributed by atoms with van der Waals surface area (Å²) in [4.78, 5) is 22.6. The lowest BCUT2D eigenvalue weighted by Gasteiger charge is -2.25. The maximum absolute atomic E-state index is 12.9. The van der Waals surface area contributed by atoms with Crippen molar-refractivity contribution < 1.29 is 27.5 Å². The third-order valence-corrected chi connectivity index (χ3v) is 3.09. The van der Waals surface area contributed by atoms with Gasteiger partial charge in [0.1, 0.15) is 18.1 Å². The standard InChI is InChI=1S/C15H18F3NO3/c1-9(2)13(15(16,17)18)19-14(21)11-6-10(4-5-20)7-12(8-11)22-3/h5-9,13H,4H2,1-3H3,(H,19,21). The molecule has 1 rings (SSSR count). The Morgan fingerprint density at radius 2 is 1.95 bits per heavy atom. The van der Waals surface area contributed by atoms with E-state index in [1.54, 1.807) is 6.07 Å². The smallest absolute Gasteiger partial charge is 0.408 e. The molecule has 7 heteroatoms. The molecule has 22 heavy (non-hydrogen) atoms. The molecule has 1 N–H and O–H groups in total. The number of carbonyl (C=O) groups is 2. The van der Waals surface area contributed by atoms with Crippen LogP contribution in [0.4, 0.5) is 13.2 Å². The number of benzene rings is 1. The topological polar surface area (TPSA) is 55.4 Å². The minimum Gasteiger partial charge on any atom is -0.497 e. The van der Waals surface area contributed by atoms with Crippen LogP contribution in [0.1, 0.15) is 29.8 Å². The lowest BCUT2D eigenvalue weighted by Crippen LogP contribution is -2.48. The van der Waals surface area contributed by atoms with E-state index in [1.807, 2.05) is 5.32 Å². The van der Waals surface area contributed by atoms with Gasteiger partial charge in [-0.25, -0.2) is 0 Å². The van der Waals surface area contributed by atoms with Crippen LogP contribution in [0.3, 0.4) is 0 Å². The van der Waals surface area contributed by atoms with Crippen LogP contribution in [-0.4, -0.2) is 31.5 Å². The number of hydrogen-bond donors (Lipinski definition) is 1. The Morgan fingerprint density at radius 3 is 2.41 bits per heavy atom. The Balaban J connectivity index is 3.06. The van der Waals surface area contributed by atoms with E-state index in [9.17, 15) is 22.8 Å². The first-order chi connectivity index (χ1) is 10.2. The van der Waals surface area contributed by atoms with Crippen molar-refractivity contribution in [2.24, 2.45) is 5.92 Å². The largest absolute Gasteiger partial charge is 0.497 e.